The van der Waals surface area contributed by atoms with Crippen molar-refractivity contribution in [1.29, 1.82) is 0 Å². The summed E-state index contributed by atoms with van der Waals surface area (Å²) in [4.78, 5) is 2.34. The first-order valence-corrected chi connectivity index (χ1v) is 12.8. The Labute approximate surface area is 219 Å². The first-order valence-electron chi connectivity index (χ1n) is 12.8. The molecule has 1 nitrogen and oxygen atoms in total. The highest BCUT2D eigenvalue weighted by Gasteiger charge is 2.16. The van der Waals surface area contributed by atoms with E-state index in [4.69, 9.17) is 0 Å². The molecule has 0 saturated carbocycles. The molecule has 0 unspecified atom stereocenters. The average Bonchev–Trinajstić information content (AvgIpc) is 2.95. The van der Waals surface area contributed by atoms with Crippen LogP contribution in [0.3, 0.4) is 0 Å². The van der Waals surface area contributed by atoms with Gasteiger partial charge in [-0.2, -0.15) is 0 Å². The summed E-state index contributed by atoms with van der Waals surface area (Å²) >= 11 is 0. The lowest BCUT2D eigenvalue weighted by atomic mass is 9.92. The van der Waals surface area contributed by atoms with Gasteiger partial charge in [-0.1, -0.05) is 108 Å². The Morgan fingerprint density at radius 2 is 0.946 bits per heavy atom. The standard InChI is InChI=1S/C36H29N/c1-26-12-18-32(19-13-26)37(33-20-14-27(2)15-21-33)34-22-23-35(36(25-34)29-9-4-3-5-10-29)31-17-16-28-8-6-7-11-30(28)24-31/h3-25H,1-2H3. The normalized spacial score (nSPS) is 11.0. The first kappa shape index (κ1) is 22.8. The molecule has 0 amide bonds. The van der Waals surface area contributed by atoms with Gasteiger partial charge in [-0.25, -0.2) is 0 Å². The maximum Gasteiger partial charge on any atom is 0.0468 e. The van der Waals surface area contributed by atoms with Gasteiger partial charge in [0.1, 0.15) is 0 Å². The average molecular weight is 476 g/mol. The van der Waals surface area contributed by atoms with Crippen LogP contribution in [0.15, 0.2) is 140 Å². The molecule has 0 N–H and O–H groups in total. The molecule has 0 aliphatic rings. The molecule has 6 aromatic rings. The van der Waals surface area contributed by atoms with Gasteiger partial charge in [-0.05, 0) is 89.3 Å². The summed E-state index contributed by atoms with van der Waals surface area (Å²) in [5.74, 6) is 0. The predicted octanol–water partition coefficient (Wildman–Crippen LogP) is 10.3. The van der Waals surface area contributed by atoms with Crippen molar-refractivity contribution in [1.82, 2.24) is 0 Å². The van der Waals surface area contributed by atoms with Crippen molar-refractivity contribution < 1.29 is 0 Å². The Morgan fingerprint density at radius 3 is 1.59 bits per heavy atom. The quantitative estimate of drug-likeness (QED) is 0.240. The third-order valence-electron chi connectivity index (χ3n) is 6.99. The zero-order chi connectivity index (χ0) is 25.2. The van der Waals surface area contributed by atoms with Crippen LogP contribution in [0.1, 0.15) is 11.1 Å². The monoisotopic (exact) mass is 475 g/mol. The number of hydrogen-bond acceptors (Lipinski definition) is 1. The number of hydrogen-bond donors (Lipinski definition) is 0. The van der Waals surface area contributed by atoms with E-state index in [0.29, 0.717) is 0 Å². The zero-order valence-electron chi connectivity index (χ0n) is 21.2. The maximum absolute atomic E-state index is 2.34. The van der Waals surface area contributed by atoms with Crippen molar-refractivity contribution in [3.63, 3.8) is 0 Å². The van der Waals surface area contributed by atoms with Crippen molar-refractivity contribution in [2.75, 3.05) is 4.90 Å². The Hall–Kier alpha value is -4.62. The van der Waals surface area contributed by atoms with Crippen molar-refractivity contribution in [3.8, 4) is 22.3 Å². The molecule has 0 bridgehead atoms. The molecule has 0 aliphatic carbocycles. The minimum absolute atomic E-state index is 1.14. The molecule has 0 atom stereocenters. The van der Waals surface area contributed by atoms with E-state index in [1.165, 1.54) is 44.2 Å². The molecule has 0 heterocycles. The highest BCUT2D eigenvalue weighted by atomic mass is 15.1. The van der Waals surface area contributed by atoms with E-state index in [9.17, 15) is 0 Å². The number of aryl methyl sites for hydroxylation is 2. The van der Waals surface area contributed by atoms with E-state index in [1.54, 1.807) is 0 Å². The molecule has 0 fully saturated rings. The van der Waals surface area contributed by atoms with Gasteiger partial charge in [0.2, 0.25) is 0 Å². The largest absolute Gasteiger partial charge is 0.310 e. The summed E-state index contributed by atoms with van der Waals surface area (Å²) in [6.07, 6.45) is 0. The van der Waals surface area contributed by atoms with Gasteiger partial charge in [-0.15, -0.1) is 0 Å². The molecular formula is C36H29N. The van der Waals surface area contributed by atoms with Crippen molar-refractivity contribution in [3.05, 3.63) is 151 Å². The van der Waals surface area contributed by atoms with E-state index in [2.05, 4.69) is 158 Å². The van der Waals surface area contributed by atoms with Gasteiger partial charge >= 0.3 is 0 Å². The molecule has 0 aromatic heterocycles. The highest BCUT2D eigenvalue weighted by molar-refractivity contribution is 5.93. The van der Waals surface area contributed by atoms with Crippen LogP contribution in [0, 0.1) is 13.8 Å². The van der Waals surface area contributed by atoms with Crippen LogP contribution in [0.5, 0.6) is 0 Å². The minimum Gasteiger partial charge on any atom is -0.310 e. The predicted molar refractivity (Wildman–Crippen MR) is 159 cm³/mol. The van der Waals surface area contributed by atoms with Crippen molar-refractivity contribution in [2.24, 2.45) is 0 Å². The van der Waals surface area contributed by atoms with E-state index in [0.717, 1.165) is 17.1 Å². The molecule has 0 saturated heterocycles. The summed E-state index contributed by atoms with van der Waals surface area (Å²) < 4.78 is 0. The van der Waals surface area contributed by atoms with Crippen LogP contribution in [-0.2, 0) is 0 Å². The van der Waals surface area contributed by atoms with Gasteiger partial charge < -0.3 is 4.90 Å². The van der Waals surface area contributed by atoms with Crippen LogP contribution in [0.2, 0.25) is 0 Å². The van der Waals surface area contributed by atoms with Gasteiger partial charge in [0.05, 0.1) is 0 Å². The number of nitrogens with zero attached hydrogens (tertiary/aromatic N) is 1. The Kier molecular flexibility index (Phi) is 6.04. The molecule has 0 spiro atoms. The smallest absolute Gasteiger partial charge is 0.0468 e. The fourth-order valence-corrected chi connectivity index (χ4v) is 4.97. The Morgan fingerprint density at radius 1 is 0.378 bits per heavy atom. The number of rotatable bonds is 5. The molecule has 0 radical (unpaired) electrons. The van der Waals surface area contributed by atoms with E-state index in [1.807, 2.05) is 0 Å². The minimum atomic E-state index is 1.14. The van der Waals surface area contributed by atoms with Crippen LogP contribution in [0.4, 0.5) is 17.1 Å². The SMILES string of the molecule is Cc1ccc(N(c2ccc(C)cc2)c2ccc(-c3ccc4ccccc4c3)c(-c3ccccc3)c2)cc1. The third kappa shape index (κ3) is 4.64. The van der Waals surface area contributed by atoms with Crippen molar-refractivity contribution >= 4 is 27.8 Å². The Balaban J connectivity index is 1.55. The van der Waals surface area contributed by atoms with Gasteiger partial charge in [0.25, 0.3) is 0 Å². The number of anilines is 3. The van der Waals surface area contributed by atoms with E-state index >= 15 is 0 Å². The molecule has 178 valence electrons. The molecule has 6 rings (SSSR count). The molecule has 1 heteroatoms. The summed E-state index contributed by atoms with van der Waals surface area (Å²) in [6, 6.07) is 50.4. The summed E-state index contributed by atoms with van der Waals surface area (Å²) in [7, 11) is 0. The summed E-state index contributed by atoms with van der Waals surface area (Å²) in [5, 5.41) is 2.51. The van der Waals surface area contributed by atoms with Crippen LogP contribution in [0.25, 0.3) is 33.0 Å². The molecule has 37 heavy (non-hydrogen) atoms. The second-order valence-corrected chi connectivity index (χ2v) is 9.66. The van der Waals surface area contributed by atoms with E-state index < -0.39 is 0 Å². The van der Waals surface area contributed by atoms with Crippen LogP contribution < -0.4 is 4.90 Å². The first-order chi connectivity index (χ1) is 18.2. The topological polar surface area (TPSA) is 3.24 Å². The molecule has 0 aliphatic heterocycles. The zero-order valence-corrected chi connectivity index (χ0v) is 21.2. The lowest BCUT2D eigenvalue weighted by Crippen LogP contribution is -2.10. The molecule has 6 aromatic carbocycles. The lowest BCUT2D eigenvalue weighted by molar-refractivity contribution is 1.27. The second kappa shape index (κ2) is 9.79. The molecular weight excluding hydrogens is 446 g/mol. The summed E-state index contributed by atoms with van der Waals surface area (Å²) in [5.41, 5.74) is 10.8. The van der Waals surface area contributed by atoms with Crippen molar-refractivity contribution in [2.45, 2.75) is 13.8 Å². The summed E-state index contributed by atoms with van der Waals surface area (Å²) in [6.45, 7) is 4.26. The van der Waals surface area contributed by atoms with Crippen LogP contribution in [-0.4, -0.2) is 0 Å². The van der Waals surface area contributed by atoms with Gasteiger partial charge in [0, 0.05) is 17.1 Å². The Bertz CT molecular complexity index is 1620. The second-order valence-electron chi connectivity index (χ2n) is 9.66. The van der Waals surface area contributed by atoms with Gasteiger partial charge in [-0.3, -0.25) is 0 Å². The number of fused-ring (bicyclic) bond motifs is 1. The fraction of sp³-hybridized carbons (Fsp3) is 0.0556. The maximum atomic E-state index is 2.34. The van der Waals surface area contributed by atoms with Gasteiger partial charge in [0.15, 0.2) is 0 Å². The van der Waals surface area contributed by atoms with Crippen LogP contribution >= 0.6 is 0 Å². The fourth-order valence-electron chi connectivity index (χ4n) is 4.97. The highest BCUT2D eigenvalue weighted by Crippen LogP contribution is 2.41. The van der Waals surface area contributed by atoms with E-state index in [-0.39, 0.29) is 0 Å². The third-order valence-corrected chi connectivity index (χ3v) is 6.99. The lowest BCUT2D eigenvalue weighted by Gasteiger charge is -2.27. The number of benzene rings is 6.